The van der Waals surface area contributed by atoms with E-state index in [1.807, 2.05) is 6.92 Å². The van der Waals surface area contributed by atoms with E-state index in [9.17, 15) is 10.1 Å². The summed E-state index contributed by atoms with van der Waals surface area (Å²) in [6.45, 7) is 5.42. The quantitative estimate of drug-likeness (QED) is 0.598. The number of nitrogens with one attached hydrogen (secondary N) is 1. The molecule has 21 heavy (non-hydrogen) atoms. The number of nitrogens with zero attached hydrogens (tertiary/aromatic N) is 1. The van der Waals surface area contributed by atoms with Crippen LogP contribution in [0.25, 0.3) is 0 Å². The Labute approximate surface area is 125 Å². The Hall–Kier alpha value is -1.78. The van der Waals surface area contributed by atoms with E-state index < -0.39 is 4.92 Å². The summed E-state index contributed by atoms with van der Waals surface area (Å²) in [7, 11) is 0. The molecule has 5 nitrogen and oxygen atoms in total. The molecule has 1 aromatic carbocycles. The second kappa shape index (κ2) is 6.78. The van der Waals surface area contributed by atoms with Crippen LogP contribution in [-0.4, -0.2) is 18.1 Å². The Kier molecular flexibility index (Phi) is 5.04. The lowest BCUT2D eigenvalue weighted by Gasteiger charge is -2.28. The molecule has 1 aromatic rings. The Morgan fingerprint density at radius 2 is 2.05 bits per heavy atom. The van der Waals surface area contributed by atoms with Crippen molar-refractivity contribution >= 4 is 11.4 Å². The van der Waals surface area contributed by atoms with Crippen molar-refractivity contribution in [2.75, 3.05) is 18.5 Å². The molecule has 1 N–H and O–H groups in total. The first-order chi connectivity index (χ1) is 10.1. The van der Waals surface area contributed by atoms with Crippen LogP contribution in [0.1, 0.15) is 46.0 Å². The van der Waals surface area contributed by atoms with Crippen LogP contribution in [0.5, 0.6) is 5.75 Å². The highest BCUT2D eigenvalue weighted by atomic mass is 16.6. The van der Waals surface area contributed by atoms with Crippen molar-refractivity contribution in [3.63, 3.8) is 0 Å². The van der Waals surface area contributed by atoms with E-state index in [1.165, 1.54) is 38.2 Å². The van der Waals surface area contributed by atoms with Gasteiger partial charge in [-0.15, -0.1) is 0 Å². The van der Waals surface area contributed by atoms with Gasteiger partial charge < -0.3 is 10.1 Å². The highest BCUT2D eigenvalue weighted by molar-refractivity contribution is 5.58. The maximum atomic E-state index is 11.0. The summed E-state index contributed by atoms with van der Waals surface area (Å²) in [4.78, 5) is 10.6. The molecule has 0 aromatic heterocycles. The molecule has 1 saturated carbocycles. The van der Waals surface area contributed by atoms with Crippen LogP contribution in [0.4, 0.5) is 11.4 Å². The van der Waals surface area contributed by atoms with E-state index in [2.05, 4.69) is 12.2 Å². The van der Waals surface area contributed by atoms with E-state index >= 15 is 0 Å². The molecule has 116 valence electrons. The van der Waals surface area contributed by atoms with Gasteiger partial charge in [-0.05, 0) is 37.7 Å². The van der Waals surface area contributed by atoms with Crippen LogP contribution < -0.4 is 10.1 Å². The molecule has 0 spiro atoms. The summed E-state index contributed by atoms with van der Waals surface area (Å²) in [6.07, 6.45) is 6.31. The largest absolute Gasteiger partial charge is 0.487 e. The van der Waals surface area contributed by atoms with Crippen LogP contribution in [-0.2, 0) is 0 Å². The Balaban J connectivity index is 2.09. The van der Waals surface area contributed by atoms with Gasteiger partial charge in [-0.1, -0.05) is 19.8 Å². The fourth-order valence-electron chi connectivity index (χ4n) is 3.12. The number of nitro groups is 1. The molecule has 0 aliphatic heterocycles. The molecule has 0 bridgehead atoms. The summed E-state index contributed by atoms with van der Waals surface area (Å²) < 4.78 is 5.38. The predicted molar refractivity (Wildman–Crippen MR) is 83.9 cm³/mol. The molecular formula is C16H24N2O3. The number of rotatable bonds is 7. The minimum atomic E-state index is -0.403. The minimum Gasteiger partial charge on any atom is -0.487 e. The fraction of sp³-hybridized carbons (Fsp3) is 0.625. The Bertz CT molecular complexity index is 496. The van der Waals surface area contributed by atoms with Gasteiger partial charge in [0.25, 0.3) is 0 Å². The van der Waals surface area contributed by atoms with Gasteiger partial charge >= 0.3 is 5.69 Å². The lowest BCUT2D eigenvalue weighted by atomic mass is 9.83. The Morgan fingerprint density at radius 1 is 1.33 bits per heavy atom. The van der Waals surface area contributed by atoms with Gasteiger partial charge in [-0.25, -0.2) is 0 Å². The van der Waals surface area contributed by atoms with E-state index in [1.54, 1.807) is 12.1 Å². The third-order valence-electron chi connectivity index (χ3n) is 4.54. The highest BCUT2D eigenvalue weighted by Gasteiger charge is 2.31. The topological polar surface area (TPSA) is 64.4 Å². The maximum absolute atomic E-state index is 11.0. The van der Waals surface area contributed by atoms with Crippen molar-refractivity contribution in [1.29, 1.82) is 0 Å². The zero-order valence-electron chi connectivity index (χ0n) is 12.9. The van der Waals surface area contributed by atoms with Crippen LogP contribution in [0.15, 0.2) is 18.2 Å². The number of anilines is 1. The van der Waals surface area contributed by atoms with Crippen LogP contribution >= 0.6 is 0 Å². The molecule has 2 rings (SSSR count). The third kappa shape index (κ3) is 3.65. The summed E-state index contributed by atoms with van der Waals surface area (Å²) in [6, 6.07) is 5.01. The molecule has 1 aliphatic rings. The number of ether oxygens (including phenoxy) is 1. The molecule has 0 saturated heterocycles. The average molecular weight is 292 g/mol. The van der Waals surface area contributed by atoms with Crippen LogP contribution in [0, 0.1) is 15.5 Å². The molecule has 5 heteroatoms. The summed E-state index contributed by atoms with van der Waals surface area (Å²) in [5, 5.41) is 14.4. The first-order valence-corrected chi connectivity index (χ1v) is 7.75. The maximum Gasteiger partial charge on any atom is 0.311 e. The van der Waals surface area contributed by atoms with Gasteiger partial charge in [0.1, 0.15) is 0 Å². The van der Waals surface area contributed by atoms with Crippen molar-refractivity contribution in [2.24, 2.45) is 5.41 Å². The van der Waals surface area contributed by atoms with Gasteiger partial charge in [0, 0.05) is 24.4 Å². The SMILES string of the molecule is CCOc1cc(NCC2(CC)CCCC2)ccc1[N+](=O)[O-]. The predicted octanol–water partition coefficient (Wildman–Crippen LogP) is 4.38. The molecule has 0 unspecified atom stereocenters. The van der Waals surface area contributed by atoms with Gasteiger partial charge in [-0.3, -0.25) is 10.1 Å². The zero-order valence-corrected chi connectivity index (χ0v) is 12.9. The van der Waals surface area contributed by atoms with Gasteiger partial charge in [0.05, 0.1) is 11.5 Å². The van der Waals surface area contributed by atoms with Crippen molar-refractivity contribution in [2.45, 2.75) is 46.0 Å². The van der Waals surface area contributed by atoms with Gasteiger partial charge in [0.15, 0.2) is 5.75 Å². The molecule has 0 heterocycles. The van der Waals surface area contributed by atoms with Gasteiger partial charge in [-0.2, -0.15) is 0 Å². The van der Waals surface area contributed by atoms with Crippen molar-refractivity contribution < 1.29 is 9.66 Å². The molecule has 1 aliphatic carbocycles. The molecule has 0 amide bonds. The molecular weight excluding hydrogens is 268 g/mol. The van der Waals surface area contributed by atoms with Crippen LogP contribution in [0.3, 0.4) is 0 Å². The first-order valence-electron chi connectivity index (χ1n) is 7.75. The molecule has 1 fully saturated rings. The second-order valence-electron chi connectivity index (χ2n) is 5.79. The summed E-state index contributed by atoms with van der Waals surface area (Å²) >= 11 is 0. The monoisotopic (exact) mass is 292 g/mol. The standard InChI is InChI=1S/C16H24N2O3/c1-3-16(9-5-6-10-16)12-17-13-7-8-14(18(19)20)15(11-13)21-4-2/h7-8,11,17H,3-6,9-10,12H2,1-2H3. The second-order valence-corrected chi connectivity index (χ2v) is 5.79. The normalized spacial score (nSPS) is 16.7. The Morgan fingerprint density at radius 3 is 2.62 bits per heavy atom. The molecule has 0 atom stereocenters. The number of benzene rings is 1. The van der Waals surface area contributed by atoms with Gasteiger partial charge in [0.2, 0.25) is 0 Å². The highest BCUT2D eigenvalue weighted by Crippen LogP contribution is 2.41. The van der Waals surface area contributed by atoms with Crippen molar-refractivity contribution in [3.8, 4) is 5.75 Å². The lowest BCUT2D eigenvalue weighted by Crippen LogP contribution is -2.25. The molecule has 0 radical (unpaired) electrons. The van der Waals surface area contributed by atoms with E-state index in [0.29, 0.717) is 17.8 Å². The minimum absolute atomic E-state index is 0.0217. The number of hydrogen-bond donors (Lipinski definition) is 1. The smallest absolute Gasteiger partial charge is 0.311 e. The van der Waals surface area contributed by atoms with Crippen molar-refractivity contribution in [3.05, 3.63) is 28.3 Å². The van der Waals surface area contributed by atoms with Crippen molar-refractivity contribution in [1.82, 2.24) is 0 Å². The van der Waals surface area contributed by atoms with E-state index in [-0.39, 0.29) is 5.69 Å². The summed E-state index contributed by atoms with van der Waals surface area (Å²) in [5.41, 5.74) is 1.30. The average Bonchev–Trinajstić information content (AvgIpc) is 2.95. The van der Waals surface area contributed by atoms with E-state index in [0.717, 1.165) is 12.2 Å². The fourth-order valence-corrected chi connectivity index (χ4v) is 3.12. The first kappa shape index (κ1) is 15.6. The third-order valence-corrected chi connectivity index (χ3v) is 4.54. The number of nitro benzene ring substituents is 1. The number of hydrogen-bond acceptors (Lipinski definition) is 4. The zero-order chi connectivity index (χ0) is 15.3. The lowest BCUT2D eigenvalue weighted by molar-refractivity contribution is -0.385. The van der Waals surface area contributed by atoms with E-state index in [4.69, 9.17) is 4.74 Å². The summed E-state index contributed by atoms with van der Waals surface area (Å²) in [5.74, 6) is 0.337. The van der Waals surface area contributed by atoms with Crippen LogP contribution in [0.2, 0.25) is 0 Å².